The van der Waals surface area contributed by atoms with Crippen molar-refractivity contribution in [2.75, 3.05) is 20.1 Å². The Bertz CT molecular complexity index is 973. The fourth-order valence-corrected chi connectivity index (χ4v) is 4.33. The summed E-state index contributed by atoms with van der Waals surface area (Å²) in [6, 6.07) is 8.20. The molecule has 0 spiro atoms. The minimum atomic E-state index is 0.112. The van der Waals surface area contributed by atoms with Crippen molar-refractivity contribution in [3.05, 3.63) is 41.0 Å². The highest BCUT2D eigenvalue weighted by Gasteiger charge is 2.23. The molecule has 0 unspecified atom stereocenters. The molecule has 0 radical (unpaired) electrons. The molecule has 1 aliphatic heterocycles. The van der Waals surface area contributed by atoms with Crippen LogP contribution in [0.5, 0.6) is 0 Å². The third-order valence-corrected chi connectivity index (χ3v) is 5.80. The van der Waals surface area contributed by atoms with Crippen LogP contribution in [-0.2, 0) is 18.4 Å². The highest BCUT2D eigenvalue weighted by atomic mass is 35.5. The van der Waals surface area contributed by atoms with E-state index in [9.17, 15) is 4.79 Å². The molecular formula is C20H23ClN4O. The van der Waals surface area contributed by atoms with Gasteiger partial charge in [-0.05, 0) is 50.0 Å². The number of benzene rings is 2. The SMILES string of the molecule is CN1CCC(C(=O)NCc2cccc3cc4cnn(C)c4c(Cl)c23)CC1. The number of carbonyl (C=O) groups excluding carboxylic acids is 1. The Labute approximate surface area is 157 Å². The van der Waals surface area contributed by atoms with Crippen molar-refractivity contribution in [2.24, 2.45) is 13.0 Å². The molecule has 0 aliphatic carbocycles. The van der Waals surface area contributed by atoms with E-state index in [0.717, 1.165) is 53.2 Å². The summed E-state index contributed by atoms with van der Waals surface area (Å²) in [6.07, 6.45) is 3.68. The standard InChI is InChI=1S/C20H23ClN4O/c1-24-8-6-13(7-9-24)20(26)22-11-15-5-3-4-14-10-16-12-23-25(2)19(16)18(21)17(14)15/h3-5,10,12-13H,6-9,11H2,1-2H3,(H,22,26). The molecule has 3 aromatic rings. The second-order valence-electron chi connectivity index (χ2n) is 7.21. The molecule has 1 aromatic heterocycles. The Morgan fingerprint density at radius 1 is 1.27 bits per heavy atom. The van der Waals surface area contributed by atoms with Gasteiger partial charge >= 0.3 is 0 Å². The van der Waals surface area contributed by atoms with Gasteiger partial charge in [0.15, 0.2) is 0 Å². The second kappa shape index (κ2) is 6.89. The molecule has 1 fully saturated rings. The maximum atomic E-state index is 12.5. The van der Waals surface area contributed by atoms with Crippen LogP contribution in [-0.4, -0.2) is 40.7 Å². The second-order valence-corrected chi connectivity index (χ2v) is 7.59. The van der Waals surface area contributed by atoms with Crippen molar-refractivity contribution in [3.63, 3.8) is 0 Å². The number of halogens is 1. The van der Waals surface area contributed by atoms with Crippen LogP contribution < -0.4 is 5.32 Å². The average Bonchev–Trinajstić information content (AvgIpc) is 3.01. The van der Waals surface area contributed by atoms with E-state index in [1.807, 2.05) is 25.4 Å². The van der Waals surface area contributed by atoms with Gasteiger partial charge in [-0.15, -0.1) is 0 Å². The Balaban J connectivity index is 1.61. The van der Waals surface area contributed by atoms with Gasteiger partial charge in [-0.25, -0.2) is 0 Å². The number of nitrogens with one attached hydrogen (secondary N) is 1. The van der Waals surface area contributed by atoms with Crippen LogP contribution in [0.1, 0.15) is 18.4 Å². The third kappa shape index (κ3) is 3.06. The van der Waals surface area contributed by atoms with Crippen molar-refractivity contribution in [3.8, 4) is 0 Å². The summed E-state index contributed by atoms with van der Waals surface area (Å²) in [6.45, 7) is 2.46. The van der Waals surface area contributed by atoms with Crippen molar-refractivity contribution in [1.82, 2.24) is 20.0 Å². The largest absolute Gasteiger partial charge is 0.352 e. The molecule has 2 heterocycles. The summed E-state index contributed by atoms with van der Waals surface area (Å²) < 4.78 is 1.80. The number of piperidine rings is 1. The molecule has 0 atom stereocenters. The number of amides is 1. The molecule has 0 bridgehead atoms. The molecule has 1 N–H and O–H groups in total. The topological polar surface area (TPSA) is 50.2 Å². The predicted octanol–water partition coefficient (Wildman–Crippen LogP) is 3.34. The summed E-state index contributed by atoms with van der Waals surface area (Å²) >= 11 is 6.73. The summed E-state index contributed by atoms with van der Waals surface area (Å²) in [5.74, 6) is 0.258. The van der Waals surface area contributed by atoms with Crippen LogP contribution >= 0.6 is 11.6 Å². The van der Waals surface area contributed by atoms with Gasteiger partial charge in [-0.3, -0.25) is 9.48 Å². The Kier molecular flexibility index (Phi) is 4.59. The lowest BCUT2D eigenvalue weighted by molar-refractivity contribution is -0.126. The molecule has 0 saturated carbocycles. The Morgan fingerprint density at radius 2 is 2.04 bits per heavy atom. The van der Waals surface area contributed by atoms with Crippen LogP contribution in [0.3, 0.4) is 0 Å². The van der Waals surface area contributed by atoms with E-state index >= 15 is 0 Å². The van der Waals surface area contributed by atoms with E-state index in [1.54, 1.807) is 4.68 Å². The zero-order valence-electron chi connectivity index (χ0n) is 15.1. The number of carbonyl (C=O) groups is 1. The normalized spacial score (nSPS) is 16.4. The van der Waals surface area contributed by atoms with Crippen LogP contribution in [0.15, 0.2) is 30.5 Å². The summed E-state index contributed by atoms with van der Waals surface area (Å²) in [4.78, 5) is 14.8. The number of hydrogen-bond acceptors (Lipinski definition) is 3. The predicted molar refractivity (Wildman–Crippen MR) is 105 cm³/mol. The minimum absolute atomic E-state index is 0.112. The van der Waals surface area contributed by atoms with Crippen LogP contribution in [0.2, 0.25) is 5.02 Å². The van der Waals surface area contributed by atoms with E-state index in [1.165, 1.54) is 0 Å². The molecule has 6 heteroatoms. The first-order valence-electron chi connectivity index (χ1n) is 9.02. The molecule has 2 aromatic carbocycles. The van der Waals surface area contributed by atoms with Crippen molar-refractivity contribution in [2.45, 2.75) is 19.4 Å². The first-order chi connectivity index (χ1) is 12.5. The first kappa shape index (κ1) is 17.3. The molecule has 136 valence electrons. The summed E-state index contributed by atoms with van der Waals surface area (Å²) in [7, 11) is 4.00. The van der Waals surface area contributed by atoms with Gasteiger partial charge in [0.2, 0.25) is 5.91 Å². The molecule has 26 heavy (non-hydrogen) atoms. The fraction of sp³-hybridized carbons (Fsp3) is 0.400. The molecule has 1 aliphatic rings. The highest BCUT2D eigenvalue weighted by Crippen LogP contribution is 2.34. The van der Waals surface area contributed by atoms with Gasteiger partial charge in [-0.1, -0.05) is 29.8 Å². The lowest BCUT2D eigenvalue weighted by Gasteiger charge is -2.28. The summed E-state index contributed by atoms with van der Waals surface area (Å²) in [5.41, 5.74) is 1.96. The monoisotopic (exact) mass is 370 g/mol. The van der Waals surface area contributed by atoms with Crippen LogP contribution in [0, 0.1) is 5.92 Å². The smallest absolute Gasteiger partial charge is 0.223 e. The molecule has 1 saturated heterocycles. The minimum Gasteiger partial charge on any atom is -0.352 e. The van der Waals surface area contributed by atoms with Gasteiger partial charge in [-0.2, -0.15) is 5.10 Å². The lowest BCUT2D eigenvalue weighted by atomic mass is 9.96. The number of fused-ring (bicyclic) bond motifs is 2. The number of aryl methyl sites for hydroxylation is 1. The zero-order valence-corrected chi connectivity index (χ0v) is 15.9. The first-order valence-corrected chi connectivity index (χ1v) is 9.40. The summed E-state index contributed by atoms with van der Waals surface area (Å²) in [5, 5.41) is 11.2. The number of likely N-dealkylation sites (tertiary alicyclic amines) is 1. The molecule has 1 amide bonds. The molecule has 5 nitrogen and oxygen atoms in total. The van der Waals surface area contributed by atoms with E-state index in [-0.39, 0.29) is 11.8 Å². The van der Waals surface area contributed by atoms with Crippen molar-refractivity contribution < 1.29 is 4.79 Å². The van der Waals surface area contributed by atoms with Gasteiger partial charge in [0.05, 0.1) is 16.7 Å². The highest BCUT2D eigenvalue weighted by molar-refractivity contribution is 6.40. The van der Waals surface area contributed by atoms with Crippen LogP contribution in [0.4, 0.5) is 0 Å². The number of nitrogens with zero attached hydrogens (tertiary/aromatic N) is 3. The van der Waals surface area contributed by atoms with Gasteiger partial charge < -0.3 is 10.2 Å². The average molecular weight is 371 g/mol. The van der Waals surface area contributed by atoms with Gasteiger partial charge in [0, 0.05) is 30.3 Å². The van der Waals surface area contributed by atoms with Crippen LogP contribution in [0.25, 0.3) is 21.7 Å². The lowest BCUT2D eigenvalue weighted by Crippen LogP contribution is -2.38. The maximum Gasteiger partial charge on any atom is 0.223 e. The van der Waals surface area contributed by atoms with E-state index in [2.05, 4.69) is 34.5 Å². The Morgan fingerprint density at radius 3 is 2.81 bits per heavy atom. The zero-order chi connectivity index (χ0) is 18.3. The maximum absolute atomic E-state index is 12.5. The van der Waals surface area contributed by atoms with E-state index < -0.39 is 0 Å². The van der Waals surface area contributed by atoms with E-state index in [4.69, 9.17) is 11.6 Å². The number of rotatable bonds is 3. The third-order valence-electron chi connectivity index (χ3n) is 5.43. The molecular weight excluding hydrogens is 348 g/mol. The van der Waals surface area contributed by atoms with Crippen molar-refractivity contribution in [1.29, 1.82) is 0 Å². The van der Waals surface area contributed by atoms with Crippen molar-refractivity contribution >= 4 is 39.2 Å². The Hall–Kier alpha value is -2.11. The quantitative estimate of drug-likeness (QED) is 0.769. The number of hydrogen-bond donors (Lipinski definition) is 1. The van der Waals surface area contributed by atoms with Gasteiger partial charge in [0.1, 0.15) is 0 Å². The fourth-order valence-electron chi connectivity index (χ4n) is 3.87. The molecule has 4 rings (SSSR count). The van der Waals surface area contributed by atoms with E-state index in [0.29, 0.717) is 11.6 Å². The van der Waals surface area contributed by atoms with Gasteiger partial charge in [0.25, 0.3) is 0 Å². The number of aromatic nitrogens is 2.